The molecule has 8 heteroatoms. The predicted molar refractivity (Wildman–Crippen MR) is 204 cm³/mol. The van der Waals surface area contributed by atoms with Gasteiger partial charge in [-0.1, -0.05) is 122 Å². The molecule has 270 valence electrons. The Kier molecular flexibility index (Phi) is 10.3. The molecular formula is C45H45N3O5. The summed E-state index contributed by atoms with van der Waals surface area (Å²) in [4.78, 5) is 32.7. The minimum absolute atomic E-state index is 0.000255. The lowest BCUT2D eigenvalue weighted by atomic mass is 9.89. The van der Waals surface area contributed by atoms with Crippen molar-refractivity contribution in [2.24, 2.45) is 5.92 Å². The molecule has 8 nitrogen and oxygen atoms in total. The lowest BCUT2D eigenvalue weighted by Gasteiger charge is -2.44. The number of imide groups is 1. The van der Waals surface area contributed by atoms with E-state index in [1.165, 1.54) is 10.5 Å². The molecular weight excluding hydrogens is 663 g/mol. The highest BCUT2D eigenvalue weighted by Crippen LogP contribution is 2.42. The second kappa shape index (κ2) is 15.6. The smallest absolute Gasteiger partial charge is 0.261 e. The first kappa shape index (κ1) is 35.1. The molecule has 5 aromatic carbocycles. The van der Waals surface area contributed by atoms with Crippen LogP contribution in [0.5, 0.6) is 0 Å². The van der Waals surface area contributed by atoms with Gasteiger partial charge in [-0.25, -0.2) is 0 Å². The lowest BCUT2D eigenvalue weighted by Crippen LogP contribution is -2.51. The van der Waals surface area contributed by atoms with E-state index in [1.54, 1.807) is 24.3 Å². The summed E-state index contributed by atoms with van der Waals surface area (Å²) in [6.45, 7) is 8.17. The summed E-state index contributed by atoms with van der Waals surface area (Å²) in [7, 11) is 0. The Balaban J connectivity index is 0.994. The number of nitrogens with zero attached hydrogens (tertiary/aromatic N) is 3. The first-order valence-corrected chi connectivity index (χ1v) is 18.6. The third-order valence-corrected chi connectivity index (χ3v) is 11.0. The minimum Gasteiger partial charge on any atom is -0.392 e. The number of aliphatic hydroxyl groups excluding tert-OH is 1. The highest BCUT2D eigenvalue weighted by molar-refractivity contribution is 6.21. The van der Waals surface area contributed by atoms with Crippen molar-refractivity contribution in [2.45, 2.75) is 45.1 Å². The van der Waals surface area contributed by atoms with Crippen LogP contribution in [0.25, 0.3) is 11.1 Å². The number of amides is 2. The number of rotatable bonds is 10. The molecule has 0 saturated carbocycles. The summed E-state index contributed by atoms with van der Waals surface area (Å²) in [5, 5.41) is 9.67. The first-order chi connectivity index (χ1) is 25.9. The molecule has 4 atom stereocenters. The molecule has 0 aliphatic carbocycles. The maximum Gasteiger partial charge on any atom is 0.261 e. The standard InChI is InChI=1S/C45H45N3O5/c1-31-41(29-47-25-23-46(24-26-47)27-32-9-3-2-4-10-32)52-45(53-42(31)35-17-15-33(30-49)16-18-35)36-21-19-34(20-22-36)38-12-6-5-11-37(38)28-48-43(50)39-13-7-8-14-40(39)44(48)51/h2-22,31,41-42,45,49H,23-30H2,1H3. The van der Waals surface area contributed by atoms with Gasteiger partial charge in [0.2, 0.25) is 0 Å². The molecule has 8 rings (SSSR count). The maximum atomic E-state index is 13.2. The van der Waals surface area contributed by atoms with Crippen LogP contribution in [-0.2, 0) is 29.2 Å². The van der Waals surface area contributed by atoms with Crippen LogP contribution in [0.1, 0.15) is 67.9 Å². The van der Waals surface area contributed by atoms with Crippen LogP contribution >= 0.6 is 0 Å². The molecule has 3 aliphatic rings. The Morgan fingerprint density at radius 3 is 1.85 bits per heavy atom. The van der Waals surface area contributed by atoms with Crippen LogP contribution in [0.4, 0.5) is 0 Å². The van der Waals surface area contributed by atoms with Gasteiger partial charge in [0, 0.05) is 50.7 Å². The van der Waals surface area contributed by atoms with Gasteiger partial charge < -0.3 is 14.6 Å². The molecule has 0 radical (unpaired) electrons. The topological polar surface area (TPSA) is 82.6 Å². The van der Waals surface area contributed by atoms with Gasteiger partial charge in [0.05, 0.1) is 36.5 Å². The molecule has 1 N–H and O–H groups in total. The van der Waals surface area contributed by atoms with Gasteiger partial charge in [-0.05, 0) is 45.5 Å². The number of fused-ring (bicyclic) bond motifs is 1. The highest BCUT2D eigenvalue weighted by Gasteiger charge is 2.40. The van der Waals surface area contributed by atoms with Crippen LogP contribution < -0.4 is 0 Å². The average Bonchev–Trinajstić information content (AvgIpc) is 3.45. The molecule has 0 bridgehead atoms. The molecule has 2 fully saturated rings. The van der Waals surface area contributed by atoms with Gasteiger partial charge >= 0.3 is 0 Å². The van der Waals surface area contributed by atoms with Crippen LogP contribution in [0.15, 0.2) is 127 Å². The van der Waals surface area contributed by atoms with Crippen molar-refractivity contribution >= 4 is 11.8 Å². The molecule has 5 aromatic rings. The Labute approximate surface area is 311 Å². The fraction of sp³-hybridized carbons (Fsp3) is 0.289. The number of carbonyl (C=O) groups is 2. The fourth-order valence-electron chi connectivity index (χ4n) is 7.87. The maximum absolute atomic E-state index is 13.2. The molecule has 2 saturated heterocycles. The Morgan fingerprint density at radius 1 is 0.604 bits per heavy atom. The Hall–Kier alpha value is -4.96. The third-order valence-electron chi connectivity index (χ3n) is 11.0. The van der Waals surface area contributed by atoms with E-state index in [1.807, 2.05) is 36.4 Å². The van der Waals surface area contributed by atoms with E-state index in [-0.39, 0.29) is 43.1 Å². The zero-order chi connectivity index (χ0) is 36.3. The van der Waals surface area contributed by atoms with Gasteiger partial charge in [-0.15, -0.1) is 0 Å². The quantitative estimate of drug-likeness (QED) is 0.153. The number of hydrogen-bond donors (Lipinski definition) is 1. The second-order valence-corrected chi connectivity index (χ2v) is 14.4. The summed E-state index contributed by atoms with van der Waals surface area (Å²) in [5.74, 6) is -0.427. The average molecular weight is 708 g/mol. The van der Waals surface area contributed by atoms with E-state index < -0.39 is 6.29 Å². The van der Waals surface area contributed by atoms with E-state index in [0.717, 1.165) is 72.6 Å². The molecule has 4 unspecified atom stereocenters. The van der Waals surface area contributed by atoms with Gasteiger partial charge in [0.25, 0.3) is 11.8 Å². The highest BCUT2D eigenvalue weighted by atomic mass is 16.7. The zero-order valence-electron chi connectivity index (χ0n) is 30.0. The number of hydrogen-bond acceptors (Lipinski definition) is 7. The summed E-state index contributed by atoms with van der Waals surface area (Å²) in [6, 6.07) is 41.9. The molecule has 0 spiro atoms. The van der Waals surface area contributed by atoms with Crippen molar-refractivity contribution in [2.75, 3.05) is 32.7 Å². The minimum atomic E-state index is -0.569. The van der Waals surface area contributed by atoms with Crippen molar-refractivity contribution in [3.05, 3.63) is 166 Å². The second-order valence-electron chi connectivity index (χ2n) is 14.4. The molecule has 2 amide bonds. The summed E-state index contributed by atoms with van der Waals surface area (Å²) in [5.41, 5.74) is 7.94. The van der Waals surface area contributed by atoms with E-state index in [4.69, 9.17) is 9.47 Å². The fourth-order valence-corrected chi connectivity index (χ4v) is 7.87. The summed E-state index contributed by atoms with van der Waals surface area (Å²) in [6.07, 6.45) is -0.816. The van der Waals surface area contributed by atoms with Crippen molar-refractivity contribution in [3.63, 3.8) is 0 Å². The van der Waals surface area contributed by atoms with Crippen molar-refractivity contribution < 1.29 is 24.2 Å². The monoisotopic (exact) mass is 707 g/mol. The van der Waals surface area contributed by atoms with Gasteiger partial charge in [-0.2, -0.15) is 0 Å². The van der Waals surface area contributed by atoms with Crippen LogP contribution in [0, 0.1) is 5.92 Å². The first-order valence-electron chi connectivity index (χ1n) is 18.6. The summed E-state index contributed by atoms with van der Waals surface area (Å²) >= 11 is 0. The van der Waals surface area contributed by atoms with Gasteiger partial charge in [0.1, 0.15) is 0 Å². The van der Waals surface area contributed by atoms with Crippen molar-refractivity contribution in [3.8, 4) is 11.1 Å². The largest absolute Gasteiger partial charge is 0.392 e. The van der Waals surface area contributed by atoms with E-state index in [0.29, 0.717) is 11.1 Å². The molecule has 53 heavy (non-hydrogen) atoms. The molecule has 3 heterocycles. The number of ether oxygens (including phenoxy) is 2. The number of aliphatic hydroxyl groups is 1. The van der Waals surface area contributed by atoms with Crippen LogP contribution in [-0.4, -0.2) is 70.4 Å². The summed E-state index contributed by atoms with van der Waals surface area (Å²) < 4.78 is 13.6. The van der Waals surface area contributed by atoms with Gasteiger partial charge in [-0.3, -0.25) is 24.3 Å². The van der Waals surface area contributed by atoms with Crippen LogP contribution in [0.2, 0.25) is 0 Å². The lowest BCUT2D eigenvalue weighted by molar-refractivity contribution is -0.276. The SMILES string of the molecule is CC1C(CN2CCN(Cc3ccccc3)CC2)OC(c2ccc(-c3ccccc3CN3C(=O)c4ccccc4C3=O)cc2)OC1c1ccc(CO)cc1. The number of benzene rings is 5. The van der Waals surface area contributed by atoms with Crippen molar-refractivity contribution in [1.29, 1.82) is 0 Å². The van der Waals surface area contributed by atoms with E-state index >= 15 is 0 Å². The number of piperazine rings is 1. The normalized spacial score (nSPS) is 22.3. The third kappa shape index (κ3) is 7.47. The van der Waals surface area contributed by atoms with E-state index in [9.17, 15) is 14.7 Å². The number of carbonyl (C=O) groups excluding carboxylic acids is 2. The Bertz CT molecular complexity index is 2010. The molecule has 3 aliphatic heterocycles. The Morgan fingerprint density at radius 2 is 1.19 bits per heavy atom. The van der Waals surface area contributed by atoms with Crippen molar-refractivity contribution in [1.82, 2.24) is 14.7 Å². The van der Waals surface area contributed by atoms with Crippen LogP contribution in [0.3, 0.4) is 0 Å². The predicted octanol–water partition coefficient (Wildman–Crippen LogP) is 7.25. The molecule has 0 aromatic heterocycles. The van der Waals surface area contributed by atoms with E-state index in [2.05, 4.69) is 83.5 Å². The zero-order valence-corrected chi connectivity index (χ0v) is 30.0. The van der Waals surface area contributed by atoms with Gasteiger partial charge in [0.15, 0.2) is 6.29 Å².